The molecule has 0 aromatic rings. The minimum atomic E-state index is -0.537. The van der Waals surface area contributed by atoms with Gasteiger partial charge in [-0.15, -0.1) is 0 Å². The van der Waals surface area contributed by atoms with Gasteiger partial charge in [0.25, 0.3) is 11.8 Å². The number of imide groups is 1. The molecule has 4 amide bonds. The molecule has 1 rings (SSSR count). The Morgan fingerprint density at radius 2 is 1.68 bits per heavy atom. The summed E-state index contributed by atoms with van der Waals surface area (Å²) >= 11 is 0. The second kappa shape index (κ2) is 8.93. The van der Waals surface area contributed by atoms with Gasteiger partial charge in [-0.05, 0) is 13.8 Å². The molecule has 1 atom stereocenters. The van der Waals surface area contributed by atoms with Crippen molar-refractivity contribution in [1.82, 2.24) is 15.5 Å². The third-order valence-corrected chi connectivity index (χ3v) is 2.90. The van der Waals surface area contributed by atoms with E-state index in [-0.39, 0.29) is 31.2 Å². The molecule has 0 aromatic heterocycles. The van der Waals surface area contributed by atoms with Crippen molar-refractivity contribution in [3.05, 3.63) is 12.2 Å². The van der Waals surface area contributed by atoms with Crippen molar-refractivity contribution in [2.45, 2.75) is 32.9 Å². The molecule has 8 nitrogen and oxygen atoms in total. The topological polar surface area (TPSA) is 105 Å². The van der Waals surface area contributed by atoms with E-state index < -0.39 is 18.0 Å². The second-order valence-corrected chi connectivity index (χ2v) is 4.72. The number of hydrogen-bond donors (Lipinski definition) is 2. The van der Waals surface area contributed by atoms with Crippen LogP contribution in [0, 0.1) is 0 Å². The van der Waals surface area contributed by atoms with E-state index in [1.54, 1.807) is 6.92 Å². The molecule has 1 aliphatic rings. The molecule has 0 saturated heterocycles. The monoisotopic (exact) mass is 311 g/mol. The summed E-state index contributed by atoms with van der Waals surface area (Å²) in [7, 11) is 0. The van der Waals surface area contributed by atoms with Crippen LogP contribution in [-0.2, 0) is 23.9 Å². The molecule has 1 aliphatic heterocycles. The van der Waals surface area contributed by atoms with Crippen molar-refractivity contribution in [3.63, 3.8) is 0 Å². The Morgan fingerprint density at radius 3 is 2.23 bits per heavy atom. The highest BCUT2D eigenvalue weighted by Gasteiger charge is 2.23. The Labute approximate surface area is 128 Å². The van der Waals surface area contributed by atoms with Crippen LogP contribution in [0.3, 0.4) is 0 Å². The summed E-state index contributed by atoms with van der Waals surface area (Å²) in [6.45, 7) is 4.36. The fraction of sp³-hybridized carbons (Fsp3) is 0.571. The lowest BCUT2D eigenvalue weighted by Gasteiger charge is -2.17. The van der Waals surface area contributed by atoms with Gasteiger partial charge in [-0.2, -0.15) is 0 Å². The Kier molecular flexibility index (Phi) is 7.24. The Hall–Kier alpha value is -2.22. The van der Waals surface area contributed by atoms with Gasteiger partial charge in [-0.3, -0.25) is 24.1 Å². The number of ether oxygens (including phenoxy) is 1. The molecule has 22 heavy (non-hydrogen) atoms. The van der Waals surface area contributed by atoms with Crippen molar-refractivity contribution in [3.8, 4) is 0 Å². The van der Waals surface area contributed by atoms with Crippen molar-refractivity contribution < 1.29 is 23.9 Å². The molecule has 1 unspecified atom stereocenters. The van der Waals surface area contributed by atoms with Crippen molar-refractivity contribution in [1.29, 1.82) is 0 Å². The van der Waals surface area contributed by atoms with E-state index in [1.807, 2.05) is 6.92 Å². The minimum absolute atomic E-state index is 0.0154. The third-order valence-electron chi connectivity index (χ3n) is 2.90. The first kappa shape index (κ1) is 17.8. The molecule has 0 aliphatic carbocycles. The summed E-state index contributed by atoms with van der Waals surface area (Å²) in [5.74, 6) is -1.43. The van der Waals surface area contributed by atoms with Gasteiger partial charge in [-0.25, -0.2) is 0 Å². The van der Waals surface area contributed by atoms with Gasteiger partial charge < -0.3 is 15.4 Å². The fourth-order valence-corrected chi connectivity index (χ4v) is 1.84. The molecular formula is C14H21N3O5. The molecule has 0 bridgehead atoms. The molecule has 0 spiro atoms. The zero-order valence-electron chi connectivity index (χ0n) is 12.8. The van der Waals surface area contributed by atoms with E-state index in [0.29, 0.717) is 13.2 Å². The van der Waals surface area contributed by atoms with E-state index in [9.17, 15) is 19.2 Å². The quantitative estimate of drug-likeness (QED) is 0.333. The van der Waals surface area contributed by atoms with Crippen LogP contribution in [0.15, 0.2) is 12.2 Å². The van der Waals surface area contributed by atoms with E-state index in [2.05, 4.69) is 10.6 Å². The number of nitrogens with zero attached hydrogens (tertiary/aromatic N) is 1. The molecule has 122 valence electrons. The molecule has 0 radical (unpaired) electrons. The average Bonchev–Trinajstić information content (AvgIpc) is 2.76. The molecule has 0 saturated carbocycles. The number of carbonyl (C=O) groups is 4. The first-order valence-corrected chi connectivity index (χ1v) is 7.14. The van der Waals surface area contributed by atoms with Crippen LogP contribution in [-0.4, -0.2) is 54.5 Å². The van der Waals surface area contributed by atoms with Crippen LogP contribution in [0.1, 0.15) is 26.7 Å². The van der Waals surface area contributed by atoms with Gasteiger partial charge >= 0.3 is 0 Å². The first-order valence-electron chi connectivity index (χ1n) is 7.14. The van der Waals surface area contributed by atoms with Crippen LogP contribution in [0.25, 0.3) is 0 Å². The fourth-order valence-electron chi connectivity index (χ4n) is 1.84. The Bertz CT molecular complexity index is 457. The number of hydrogen-bond acceptors (Lipinski definition) is 5. The molecule has 0 fully saturated rings. The van der Waals surface area contributed by atoms with Crippen molar-refractivity contribution >= 4 is 23.6 Å². The van der Waals surface area contributed by atoms with E-state index in [1.165, 1.54) is 12.2 Å². The largest absolute Gasteiger partial charge is 0.381 e. The Balaban J connectivity index is 2.22. The SMILES string of the molecule is CCOCCC(=O)NC(C)NC(=O)CCN1C(=O)C=CC1=O. The normalized spacial score (nSPS) is 15.1. The van der Waals surface area contributed by atoms with Gasteiger partial charge in [-0.1, -0.05) is 0 Å². The predicted octanol–water partition coefficient (Wildman–Crippen LogP) is -0.693. The number of carbonyl (C=O) groups excluding carboxylic acids is 4. The lowest BCUT2D eigenvalue weighted by molar-refractivity contribution is -0.137. The zero-order valence-corrected chi connectivity index (χ0v) is 12.8. The van der Waals surface area contributed by atoms with E-state index >= 15 is 0 Å². The van der Waals surface area contributed by atoms with Gasteiger partial charge in [0.05, 0.1) is 19.2 Å². The standard InChI is InChI=1S/C14H21N3O5/c1-3-22-9-7-12(19)16-10(2)15-11(18)6-8-17-13(20)4-5-14(17)21/h4-5,10H,3,6-9H2,1-2H3,(H,15,18)(H,16,19). The molecular weight excluding hydrogens is 290 g/mol. The molecule has 8 heteroatoms. The maximum absolute atomic E-state index is 11.7. The van der Waals surface area contributed by atoms with Gasteiger partial charge in [0.2, 0.25) is 11.8 Å². The average molecular weight is 311 g/mol. The summed E-state index contributed by atoms with van der Waals surface area (Å²) in [6, 6.07) is 0. The van der Waals surface area contributed by atoms with E-state index in [0.717, 1.165) is 4.90 Å². The van der Waals surface area contributed by atoms with Gasteiger partial charge in [0, 0.05) is 31.7 Å². The summed E-state index contributed by atoms with van der Waals surface area (Å²) < 4.78 is 5.06. The lowest BCUT2D eigenvalue weighted by atomic mass is 10.3. The van der Waals surface area contributed by atoms with Crippen LogP contribution >= 0.6 is 0 Å². The van der Waals surface area contributed by atoms with Gasteiger partial charge in [0.1, 0.15) is 0 Å². The zero-order chi connectivity index (χ0) is 16.5. The second-order valence-electron chi connectivity index (χ2n) is 4.72. The molecule has 2 N–H and O–H groups in total. The first-order chi connectivity index (χ1) is 10.4. The highest BCUT2D eigenvalue weighted by molar-refractivity contribution is 6.13. The van der Waals surface area contributed by atoms with Crippen LogP contribution < -0.4 is 10.6 Å². The summed E-state index contributed by atoms with van der Waals surface area (Å²) in [6.07, 6.45) is 2.00. The highest BCUT2D eigenvalue weighted by atomic mass is 16.5. The van der Waals surface area contributed by atoms with Crippen molar-refractivity contribution in [2.24, 2.45) is 0 Å². The van der Waals surface area contributed by atoms with Crippen LogP contribution in [0.4, 0.5) is 0 Å². The Morgan fingerprint density at radius 1 is 1.14 bits per heavy atom. The number of amides is 4. The number of rotatable bonds is 9. The van der Waals surface area contributed by atoms with Crippen LogP contribution in [0.5, 0.6) is 0 Å². The summed E-state index contributed by atoms with van der Waals surface area (Å²) in [5, 5.41) is 5.18. The maximum atomic E-state index is 11.7. The smallest absolute Gasteiger partial charge is 0.253 e. The lowest BCUT2D eigenvalue weighted by Crippen LogP contribution is -2.47. The summed E-state index contributed by atoms with van der Waals surface area (Å²) in [5.41, 5.74) is 0. The minimum Gasteiger partial charge on any atom is -0.381 e. The highest BCUT2D eigenvalue weighted by Crippen LogP contribution is 2.04. The van der Waals surface area contributed by atoms with Crippen LogP contribution in [0.2, 0.25) is 0 Å². The molecule has 1 heterocycles. The predicted molar refractivity (Wildman–Crippen MR) is 77.3 cm³/mol. The van der Waals surface area contributed by atoms with Gasteiger partial charge in [0.15, 0.2) is 0 Å². The maximum Gasteiger partial charge on any atom is 0.253 e. The van der Waals surface area contributed by atoms with Crippen molar-refractivity contribution in [2.75, 3.05) is 19.8 Å². The van der Waals surface area contributed by atoms with E-state index in [4.69, 9.17) is 4.74 Å². The number of nitrogens with one attached hydrogen (secondary N) is 2. The third kappa shape index (κ3) is 6.04. The summed E-state index contributed by atoms with van der Waals surface area (Å²) in [4.78, 5) is 46.8. The molecule has 0 aromatic carbocycles.